The highest BCUT2D eigenvalue weighted by molar-refractivity contribution is 5.94. The minimum Gasteiger partial charge on any atom is -0.472 e. The second kappa shape index (κ2) is 9.47. The van der Waals surface area contributed by atoms with Gasteiger partial charge in [-0.05, 0) is 39.2 Å². The lowest BCUT2D eigenvalue weighted by Crippen LogP contribution is -3.13. The van der Waals surface area contributed by atoms with Gasteiger partial charge in [0.1, 0.15) is 6.26 Å². The summed E-state index contributed by atoms with van der Waals surface area (Å²) in [5.74, 6) is -0.0821. The summed E-state index contributed by atoms with van der Waals surface area (Å²) in [6.07, 6.45) is 7.19. The lowest BCUT2D eigenvalue weighted by Gasteiger charge is -2.26. The minimum absolute atomic E-state index is 0.0112. The van der Waals surface area contributed by atoms with Crippen LogP contribution in [-0.4, -0.2) is 55.5 Å². The van der Waals surface area contributed by atoms with Crippen LogP contribution in [0.5, 0.6) is 0 Å². The first kappa shape index (κ1) is 18.5. The molecule has 1 aliphatic heterocycles. The Bertz CT molecular complexity index is 508. The Morgan fingerprint density at radius 2 is 2.04 bits per heavy atom. The van der Waals surface area contributed by atoms with Crippen LogP contribution in [0.15, 0.2) is 23.0 Å². The molecule has 1 aromatic heterocycles. The average molecular weight is 336 g/mol. The topological polar surface area (TPSA) is 67.0 Å². The number of carbonyl (C=O) groups excluding carboxylic acids is 2. The fourth-order valence-corrected chi connectivity index (χ4v) is 3.14. The summed E-state index contributed by atoms with van der Waals surface area (Å²) in [6.45, 7) is 8.47. The maximum atomic E-state index is 12.4. The van der Waals surface area contributed by atoms with Crippen molar-refractivity contribution in [3.8, 4) is 0 Å². The van der Waals surface area contributed by atoms with E-state index in [9.17, 15) is 9.59 Å². The Kier molecular flexibility index (Phi) is 7.31. The van der Waals surface area contributed by atoms with Gasteiger partial charge in [0.2, 0.25) is 5.91 Å². The summed E-state index contributed by atoms with van der Waals surface area (Å²) in [5.41, 5.74) is 0.526. The zero-order valence-electron chi connectivity index (χ0n) is 14.8. The number of nitrogens with one attached hydrogen (secondary N) is 2. The molecule has 0 atom stereocenters. The summed E-state index contributed by atoms with van der Waals surface area (Å²) >= 11 is 0. The first-order valence-corrected chi connectivity index (χ1v) is 9.01. The zero-order chi connectivity index (χ0) is 17.4. The molecule has 24 heavy (non-hydrogen) atoms. The van der Waals surface area contributed by atoms with Gasteiger partial charge in [-0.15, -0.1) is 0 Å². The summed E-state index contributed by atoms with van der Waals surface area (Å²) in [4.78, 5) is 27.7. The van der Waals surface area contributed by atoms with E-state index in [1.54, 1.807) is 15.9 Å². The van der Waals surface area contributed by atoms with Gasteiger partial charge in [-0.2, -0.15) is 0 Å². The molecule has 2 N–H and O–H groups in total. The third kappa shape index (κ3) is 5.67. The average Bonchev–Trinajstić information content (AvgIpc) is 3.10. The summed E-state index contributed by atoms with van der Waals surface area (Å²) in [5, 5.41) is 2.98. The van der Waals surface area contributed by atoms with E-state index >= 15 is 0 Å². The van der Waals surface area contributed by atoms with E-state index in [-0.39, 0.29) is 17.9 Å². The van der Waals surface area contributed by atoms with Gasteiger partial charge in [-0.3, -0.25) is 9.59 Å². The molecule has 0 saturated carbocycles. The summed E-state index contributed by atoms with van der Waals surface area (Å²) in [6, 6.07) is 1.69. The predicted octanol–water partition coefficient (Wildman–Crippen LogP) is 0.705. The smallest absolute Gasteiger partial charge is 0.257 e. The van der Waals surface area contributed by atoms with Crippen molar-refractivity contribution in [2.45, 2.75) is 45.6 Å². The normalized spacial score (nSPS) is 15.5. The number of amides is 2. The molecule has 0 radical (unpaired) electrons. The molecular weight excluding hydrogens is 306 g/mol. The van der Waals surface area contributed by atoms with Gasteiger partial charge in [0.15, 0.2) is 0 Å². The molecule has 6 nitrogen and oxygen atoms in total. The van der Waals surface area contributed by atoms with E-state index in [0.717, 1.165) is 6.54 Å². The van der Waals surface area contributed by atoms with Crippen molar-refractivity contribution in [1.82, 2.24) is 10.2 Å². The molecule has 0 aromatic carbocycles. The van der Waals surface area contributed by atoms with E-state index in [4.69, 9.17) is 4.42 Å². The molecule has 0 spiro atoms. The fourth-order valence-electron chi connectivity index (χ4n) is 3.14. The highest BCUT2D eigenvalue weighted by Gasteiger charge is 2.20. The molecule has 2 heterocycles. The molecule has 134 valence electrons. The Morgan fingerprint density at radius 3 is 2.67 bits per heavy atom. The lowest BCUT2D eigenvalue weighted by molar-refractivity contribution is -0.903. The third-order valence-corrected chi connectivity index (χ3v) is 4.59. The maximum Gasteiger partial charge on any atom is 0.257 e. The first-order chi connectivity index (χ1) is 11.6. The van der Waals surface area contributed by atoms with Gasteiger partial charge in [0, 0.05) is 19.0 Å². The van der Waals surface area contributed by atoms with Crippen LogP contribution in [0.4, 0.5) is 0 Å². The molecule has 1 saturated heterocycles. The van der Waals surface area contributed by atoms with Gasteiger partial charge in [-0.1, -0.05) is 0 Å². The highest BCUT2D eigenvalue weighted by Crippen LogP contribution is 2.09. The number of hydrogen-bond donors (Lipinski definition) is 2. The van der Waals surface area contributed by atoms with Crippen molar-refractivity contribution in [1.29, 1.82) is 0 Å². The van der Waals surface area contributed by atoms with Gasteiger partial charge >= 0.3 is 0 Å². The van der Waals surface area contributed by atoms with E-state index in [1.165, 1.54) is 44.9 Å². The monoisotopic (exact) mass is 336 g/mol. The van der Waals surface area contributed by atoms with Crippen LogP contribution in [0, 0.1) is 0 Å². The van der Waals surface area contributed by atoms with Gasteiger partial charge in [0.25, 0.3) is 5.91 Å². The Hall–Kier alpha value is -1.82. The van der Waals surface area contributed by atoms with Crippen molar-refractivity contribution in [2.75, 3.05) is 32.7 Å². The van der Waals surface area contributed by atoms with Crippen molar-refractivity contribution in [3.63, 3.8) is 0 Å². The third-order valence-electron chi connectivity index (χ3n) is 4.59. The number of nitrogens with zero attached hydrogens (tertiary/aromatic N) is 1. The van der Waals surface area contributed by atoms with E-state index in [1.807, 2.05) is 13.8 Å². The second-order valence-corrected chi connectivity index (χ2v) is 6.76. The minimum atomic E-state index is -0.0932. The molecule has 1 aliphatic rings. The van der Waals surface area contributed by atoms with Crippen molar-refractivity contribution < 1.29 is 18.9 Å². The number of rotatable bonds is 8. The Balaban J connectivity index is 1.71. The summed E-state index contributed by atoms with van der Waals surface area (Å²) in [7, 11) is 0. The van der Waals surface area contributed by atoms with Crippen LogP contribution in [0.25, 0.3) is 0 Å². The number of quaternary nitrogens is 1. The highest BCUT2D eigenvalue weighted by atomic mass is 16.3. The fraction of sp³-hybridized carbons (Fsp3) is 0.667. The van der Waals surface area contributed by atoms with Gasteiger partial charge < -0.3 is 19.5 Å². The van der Waals surface area contributed by atoms with Gasteiger partial charge in [-0.25, -0.2) is 0 Å². The maximum absolute atomic E-state index is 12.4. The number of hydrogen-bond acceptors (Lipinski definition) is 3. The van der Waals surface area contributed by atoms with Crippen LogP contribution < -0.4 is 10.2 Å². The standard InChI is InChI=1S/C18H29N3O3/c1-15(2)21(18(23)16-7-13-24-14-16)11-6-17(22)19-8-12-20-9-4-3-5-10-20/h7,13-15H,3-6,8-12H2,1-2H3,(H,19,22)/p+1. The molecule has 2 rings (SSSR count). The SMILES string of the molecule is CC(C)N(CCC(=O)NCC[NH+]1CCCCC1)C(=O)c1ccoc1. The Labute approximate surface area is 144 Å². The molecule has 0 aliphatic carbocycles. The van der Waals surface area contributed by atoms with Crippen molar-refractivity contribution in [3.05, 3.63) is 24.2 Å². The molecule has 1 aromatic rings. The molecular formula is C18H30N3O3+. The number of likely N-dealkylation sites (tertiary alicyclic amines) is 1. The van der Waals surface area contributed by atoms with Crippen molar-refractivity contribution >= 4 is 11.8 Å². The van der Waals surface area contributed by atoms with Gasteiger partial charge in [0.05, 0.1) is 38.0 Å². The Morgan fingerprint density at radius 1 is 1.29 bits per heavy atom. The van der Waals surface area contributed by atoms with Crippen LogP contribution in [0.1, 0.15) is 49.9 Å². The number of furan rings is 1. The lowest BCUT2D eigenvalue weighted by atomic mass is 10.1. The summed E-state index contributed by atoms with van der Waals surface area (Å²) < 4.78 is 4.97. The zero-order valence-corrected chi connectivity index (χ0v) is 14.8. The van der Waals surface area contributed by atoms with E-state index < -0.39 is 0 Å². The van der Waals surface area contributed by atoms with Crippen LogP contribution in [-0.2, 0) is 4.79 Å². The molecule has 2 amide bonds. The van der Waals surface area contributed by atoms with E-state index in [2.05, 4.69) is 5.32 Å². The van der Waals surface area contributed by atoms with E-state index in [0.29, 0.717) is 25.1 Å². The van der Waals surface area contributed by atoms with Crippen LogP contribution in [0.2, 0.25) is 0 Å². The van der Waals surface area contributed by atoms with Crippen LogP contribution >= 0.6 is 0 Å². The van der Waals surface area contributed by atoms with Crippen molar-refractivity contribution in [2.24, 2.45) is 0 Å². The molecule has 0 unspecified atom stereocenters. The number of piperidine rings is 1. The predicted molar refractivity (Wildman–Crippen MR) is 91.9 cm³/mol. The number of carbonyl (C=O) groups is 2. The molecule has 1 fully saturated rings. The van der Waals surface area contributed by atoms with Crippen LogP contribution in [0.3, 0.4) is 0 Å². The largest absolute Gasteiger partial charge is 0.472 e. The molecule has 6 heteroatoms. The first-order valence-electron chi connectivity index (χ1n) is 9.01. The second-order valence-electron chi connectivity index (χ2n) is 6.76. The quantitative estimate of drug-likeness (QED) is 0.735. The molecule has 0 bridgehead atoms.